The number of aromatic amines is 1. The zero-order valence-electron chi connectivity index (χ0n) is 17.6. The third kappa shape index (κ3) is 5.12. The van der Waals surface area contributed by atoms with Crippen LogP contribution >= 0.6 is 0 Å². The van der Waals surface area contributed by atoms with Crippen LogP contribution < -0.4 is 0 Å². The first kappa shape index (κ1) is 21.7. The first-order valence-electron chi connectivity index (χ1n) is 10.2. The van der Waals surface area contributed by atoms with Crippen molar-refractivity contribution in [2.24, 2.45) is 4.99 Å². The maximum Gasteiger partial charge on any atom is 0.152 e. The van der Waals surface area contributed by atoms with Gasteiger partial charge in [0.15, 0.2) is 6.29 Å². The van der Waals surface area contributed by atoms with Crippen LogP contribution in [0.25, 0.3) is 16.5 Å². The number of H-pyrrole nitrogens is 1. The number of carbonyl (C=O) groups is 1. The molecule has 0 aliphatic carbocycles. The Morgan fingerprint density at radius 2 is 2.23 bits per heavy atom. The third-order valence-electron chi connectivity index (χ3n) is 5.25. The number of aromatic nitrogens is 1. The third-order valence-corrected chi connectivity index (χ3v) is 5.25. The highest BCUT2D eigenvalue weighted by molar-refractivity contribution is 6.21. The maximum atomic E-state index is 11.9. The molecule has 3 rings (SSSR count). The zero-order chi connectivity index (χ0) is 21.5. The number of aliphatic imine (C=N–C) groups is 1. The number of aliphatic hydroxyl groups excluding tert-OH is 1. The van der Waals surface area contributed by atoms with Crippen LogP contribution in [-0.2, 0) is 11.3 Å². The van der Waals surface area contributed by atoms with Crippen molar-refractivity contribution in [3.05, 3.63) is 78.1 Å². The number of hydrogen-bond donors (Lipinski definition) is 2. The Labute approximate surface area is 177 Å². The van der Waals surface area contributed by atoms with Gasteiger partial charge in [-0.1, -0.05) is 36.9 Å². The lowest BCUT2D eigenvalue weighted by atomic mass is 10.0. The van der Waals surface area contributed by atoms with E-state index >= 15 is 0 Å². The quantitative estimate of drug-likeness (QED) is 0.302. The van der Waals surface area contributed by atoms with Gasteiger partial charge in [-0.15, -0.1) is 0 Å². The number of benzene rings is 1. The minimum Gasteiger partial charge on any atom is -0.392 e. The molecule has 0 saturated carbocycles. The lowest BCUT2D eigenvalue weighted by Gasteiger charge is -2.14. The first-order chi connectivity index (χ1) is 14.6. The van der Waals surface area contributed by atoms with E-state index in [1.807, 2.05) is 37.3 Å². The normalized spacial score (nSPS) is 19.2. The highest BCUT2D eigenvalue weighted by atomic mass is 16.3. The fraction of sp³-hybridized carbons (Fsp3) is 0.280. The second kappa shape index (κ2) is 10.1. The van der Waals surface area contributed by atoms with Gasteiger partial charge in [0.2, 0.25) is 0 Å². The Balaban J connectivity index is 1.89. The molecule has 1 saturated heterocycles. The molecule has 30 heavy (non-hydrogen) atoms. The summed E-state index contributed by atoms with van der Waals surface area (Å²) in [6.07, 6.45) is 10.7. The average Bonchev–Trinajstić information content (AvgIpc) is 3.34. The molecule has 1 aromatic heterocycles. The first-order valence-corrected chi connectivity index (χ1v) is 10.2. The number of aliphatic hydroxyl groups is 1. The number of allylic oxidation sites excluding steroid dienone is 7. The highest BCUT2D eigenvalue weighted by Crippen LogP contribution is 2.23. The monoisotopic (exact) mass is 403 g/mol. The van der Waals surface area contributed by atoms with Crippen LogP contribution in [0.3, 0.4) is 0 Å². The predicted octanol–water partition coefficient (Wildman–Crippen LogP) is 4.08. The molecule has 156 valence electrons. The van der Waals surface area contributed by atoms with Gasteiger partial charge in [-0.25, -0.2) is 0 Å². The van der Waals surface area contributed by atoms with Crippen molar-refractivity contribution in [3.8, 4) is 0 Å². The van der Waals surface area contributed by atoms with Crippen molar-refractivity contribution < 1.29 is 9.90 Å². The number of carbonyl (C=O) groups excluding carboxylic acids is 1. The highest BCUT2D eigenvalue weighted by Gasteiger charge is 2.20. The Hall–Kier alpha value is -3.02. The van der Waals surface area contributed by atoms with Crippen molar-refractivity contribution in [3.63, 3.8) is 0 Å². The number of aldehydes is 1. The fourth-order valence-electron chi connectivity index (χ4n) is 3.78. The average molecular weight is 404 g/mol. The van der Waals surface area contributed by atoms with Crippen LogP contribution in [0.15, 0.2) is 71.8 Å². The van der Waals surface area contributed by atoms with Gasteiger partial charge in [0.25, 0.3) is 0 Å². The number of β-amino-alcohol motifs (C(OH)–C–C–N with tert-alkyl or cyclic N) is 1. The summed E-state index contributed by atoms with van der Waals surface area (Å²) in [6.45, 7) is 8.15. The lowest BCUT2D eigenvalue weighted by molar-refractivity contribution is -0.103. The predicted molar refractivity (Wildman–Crippen MR) is 125 cm³/mol. The van der Waals surface area contributed by atoms with Crippen LogP contribution in [0.2, 0.25) is 0 Å². The molecule has 1 unspecified atom stereocenters. The number of hydrogen-bond acceptors (Lipinski definition) is 4. The zero-order valence-corrected chi connectivity index (χ0v) is 17.6. The Morgan fingerprint density at radius 1 is 1.40 bits per heavy atom. The summed E-state index contributed by atoms with van der Waals surface area (Å²) in [4.78, 5) is 21.8. The Kier molecular flexibility index (Phi) is 7.33. The van der Waals surface area contributed by atoms with E-state index in [1.54, 1.807) is 19.2 Å². The lowest BCUT2D eigenvalue weighted by Crippen LogP contribution is -2.21. The van der Waals surface area contributed by atoms with Gasteiger partial charge in [0.1, 0.15) is 0 Å². The molecule has 1 aromatic carbocycles. The summed E-state index contributed by atoms with van der Waals surface area (Å²) in [5.41, 5.74) is 5.07. The van der Waals surface area contributed by atoms with Crippen molar-refractivity contribution in [2.45, 2.75) is 26.0 Å². The Morgan fingerprint density at radius 3 is 2.87 bits per heavy atom. The van der Waals surface area contributed by atoms with E-state index in [0.717, 1.165) is 54.5 Å². The summed E-state index contributed by atoms with van der Waals surface area (Å²) in [5, 5.41) is 10.8. The van der Waals surface area contributed by atoms with Crippen molar-refractivity contribution >= 4 is 28.5 Å². The van der Waals surface area contributed by atoms with Crippen LogP contribution in [0, 0.1) is 0 Å². The number of likely N-dealkylation sites (tertiary alicyclic amines) is 1. The molecule has 1 atom stereocenters. The minimum atomic E-state index is -0.218. The molecule has 2 aromatic rings. The molecule has 0 radical (unpaired) electrons. The van der Waals surface area contributed by atoms with E-state index < -0.39 is 0 Å². The van der Waals surface area contributed by atoms with Crippen LogP contribution in [0.4, 0.5) is 0 Å². The molecule has 0 amide bonds. The molecule has 1 aliphatic heterocycles. The van der Waals surface area contributed by atoms with Gasteiger partial charge in [0.05, 0.1) is 11.8 Å². The largest absolute Gasteiger partial charge is 0.392 e. The van der Waals surface area contributed by atoms with Crippen LogP contribution in [-0.4, -0.2) is 53.2 Å². The van der Waals surface area contributed by atoms with E-state index in [4.69, 9.17) is 0 Å². The molecule has 5 heteroatoms. The minimum absolute atomic E-state index is 0.218. The van der Waals surface area contributed by atoms with E-state index in [2.05, 4.69) is 33.6 Å². The molecular formula is C25H29N3O2. The van der Waals surface area contributed by atoms with Crippen LogP contribution in [0.5, 0.6) is 0 Å². The molecule has 1 aliphatic rings. The second-order valence-electron chi connectivity index (χ2n) is 7.47. The molecule has 2 N–H and O–H groups in total. The summed E-state index contributed by atoms with van der Waals surface area (Å²) in [6, 6.07) is 8.27. The smallest absolute Gasteiger partial charge is 0.152 e. The second-order valence-corrected chi connectivity index (χ2v) is 7.47. The van der Waals surface area contributed by atoms with Gasteiger partial charge in [-0.05, 0) is 48.8 Å². The summed E-state index contributed by atoms with van der Waals surface area (Å²) in [7, 11) is 1.71. The fourth-order valence-corrected chi connectivity index (χ4v) is 3.78. The molecule has 5 nitrogen and oxygen atoms in total. The standard InChI is InChI=1S/C25H29N3O2/c1-4-6-19(7-5-2)24(26-3)14-21(17-29)25-13-20-12-18(8-9-23(20)27-25)15-28-11-10-22(30)16-28/h4-9,12-14,17,22,27,30H,1,10-11,15-16H2,2-3H3/b7-5-,19-6+,21-14+,26-24?. The Bertz CT molecular complexity index is 1040. The van der Waals surface area contributed by atoms with Gasteiger partial charge >= 0.3 is 0 Å². The summed E-state index contributed by atoms with van der Waals surface area (Å²) >= 11 is 0. The van der Waals surface area contributed by atoms with E-state index in [1.165, 1.54) is 5.56 Å². The SMILES string of the molecule is C=C/C=C(\C=C/C)C(/C=C(\C=O)c1cc2cc(CN3CCC(O)C3)ccc2[nH]1)=NC. The van der Waals surface area contributed by atoms with E-state index in [-0.39, 0.29) is 6.10 Å². The summed E-state index contributed by atoms with van der Waals surface area (Å²) < 4.78 is 0. The van der Waals surface area contributed by atoms with Gasteiger partial charge < -0.3 is 10.1 Å². The molecule has 0 spiro atoms. The van der Waals surface area contributed by atoms with E-state index in [9.17, 15) is 9.90 Å². The number of rotatable bonds is 8. The molecule has 2 heterocycles. The van der Waals surface area contributed by atoms with Crippen molar-refractivity contribution in [1.29, 1.82) is 0 Å². The van der Waals surface area contributed by atoms with Crippen LogP contribution in [0.1, 0.15) is 24.6 Å². The summed E-state index contributed by atoms with van der Waals surface area (Å²) in [5.74, 6) is 0. The number of nitrogens with one attached hydrogen (secondary N) is 1. The number of nitrogens with zero attached hydrogens (tertiary/aromatic N) is 2. The van der Waals surface area contributed by atoms with Gasteiger partial charge in [-0.3, -0.25) is 14.7 Å². The van der Waals surface area contributed by atoms with Gasteiger partial charge in [0, 0.05) is 48.9 Å². The van der Waals surface area contributed by atoms with Crippen molar-refractivity contribution in [1.82, 2.24) is 9.88 Å². The van der Waals surface area contributed by atoms with Crippen molar-refractivity contribution in [2.75, 3.05) is 20.1 Å². The van der Waals surface area contributed by atoms with E-state index in [0.29, 0.717) is 11.3 Å². The molecular weight excluding hydrogens is 374 g/mol. The number of fused-ring (bicyclic) bond motifs is 1. The molecule has 0 bridgehead atoms. The topological polar surface area (TPSA) is 68.7 Å². The van der Waals surface area contributed by atoms with Gasteiger partial charge in [-0.2, -0.15) is 0 Å². The maximum absolute atomic E-state index is 11.9. The molecule has 1 fully saturated rings.